The Balaban J connectivity index is 1.44. The lowest BCUT2D eigenvalue weighted by Gasteiger charge is -2.26. The highest BCUT2D eigenvalue weighted by atomic mass is 16.5. The van der Waals surface area contributed by atoms with Gasteiger partial charge < -0.3 is 9.47 Å². The molecule has 4 rings (SSSR count). The van der Waals surface area contributed by atoms with Crippen molar-refractivity contribution in [2.45, 2.75) is 26.3 Å². The molecular weight excluding hydrogens is 450 g/mol. The summed E-state index contributed by atoms with van der Waals surface area (Å²) in [7, 11) is 0. The van der Waals surface area contributed by atoms with Gasteiger partial charge in [-0.1, -0.05) is 36.4 Å². The zero-order chi connectivity index (χ0) is 24.9. The maximum atomic E-state index is 13.1. The van der Waals surface area contributed by atoms with Crippen molar-refractivity contribution in [3.63, 3.8) is 0 Å². The smallest absolute Gasteiger partial charge is 0.276 e. The molecule has 0 aromatic heterocycles. The first-order valence-corrected chi connectivity index (χ1v) is 11.2. The number of amides is 4. The van der Waals surface area contributed by atoms with Crippen LogP contribution in [0.3, 0.4) is 0 Å². The Morgan fingerprint density at radius 3 is 2.43 bits per heavy atom. The number of hydrogen-bond donors (Lipinski definition) is 1. The van der Waals surface area contributed by atoms with Crippen molar-refractivity contribution >= 4 is 40.1 Å². The van der Waals surface area contributed by atoms with Crippen LogP contribution >= 0.6 is 0 Å². The van der Waals surface area contributed by atoms with Crippen molar-refractivity contribution < 1.29 is 28.7 Å². The van der Waals surface area contributed by atoms with Gasteiger partial charge in [0.05, 0.1) is 18.7 Å². The minimum Gasteiger partial charge on any atom is -0.494 e. The van der Waals surface area contributed by atoms with Crippen LogP contribution in [0, 0.1) is 0 Å². The minimum atomic E-state index is -1.16. The Morgan fingerprint density at radius 1 is 1.00 bits per heavy atom. The van der Waals surface area contributed by atoms with E-state index in [0.717, 1.165) is 20.7 Å². The van der Waals surface area contributed by atoms with Crippen LogP contribution in [0.5, 0.6) is 11.5 Å². The topological polar surface area (TPSA) is 105 Å². The molecule has 4 amide bonds. The van der Waals surface area contributed by atoms with Crippen LogP contribution < -0.4 is 19.8 Å². The van der Waals surface area contributed by atoms with E-state index in [2.05, 4.69) is 5.43 Å². The van der Waals surface area contributed by atoms with Crippen molar-refractivity contribution in [1.82, 2.24) is 10.4 Å². The largest absolute Gasteiger partial charge is 0.494 e. The standard InChI is InChI=1S/C26H25N3O6/c1-3-34-20-13-11-19(12-14-20)28-25(32)15-22(26(28)33)29(17(2)30)27-24(31)16-35-23-10-6-8-18-7-4-5-9-21(18)23/h4-14,22H,3,15-16H2,1-2H3,(H,27,31). The predicted octanol–water partition coefficient (Wildman–Crippen LogP) is 2.83. The van der Waals surface area contributed by atoms with Gasteiger partial charge in [0.1, 0.15) is 17.5 Å². The summed E-state index contributed by atoms with van der Waals surface area (Å²) in [6, 6.07) is 18.4. The first-order chi connectivity index (χ1) is 16.9. The first kappa shape index (κ1) is 23.7. The van der Waals surface area contributed by atoms with Crippen LogP contribution in [0.15, 0.2) is 66.7 Å². The Hall–Kier alpha value is -4.40. The third kappa shape index (κ3) is 5.08. The summed E-state index contributed by atoms with van der Waals surface area (Å²) in [4.78, 5) is 51.6. The van der Waals surface area contributed by atoms with Gasteiger partial charge in [-0.05, 0) is 42.6 Å². The van der Waals surface area contributed by atoms with Crippen molar-refractivity contribution in [2.24, 2.45) is 0 Å². The number of nitrogens with zero attached hydrogens (tertiary/aromatic N) is 2. The molecule has 0 aliphatic carbocycles. The maximum absolute atomic E-state index is 13.1. The zero-order valence-electron chi connectivity index (χ0n) is 19.4. The molecule has 35 heavy (non-hydrogen) atoms. The number of carbonyl (C=O) groups excluding carboxylic acids is 4. The molecule has 1 heterocycles. The van der Waals surface area contributed by atoms with Crippen molar-refractivity contribution in [1.29, 1.82) is 0 Å². The number of ether oxygens (including phenoxy) is 2. The van der Waals surface area contributed by atoms with Gasteiger partial charge in [0.25, 0.3) is 11.8 Å². The second-order valence-electron chi connectivity index (χ2n) is 7.90. The molecule has 1 N–H and O–H groups in total. The number of fused-ring (bicyclic) bond motifs is 1. The molecule has 1 saturated heterocycles. The summed E-state index contributed by atoms with van der Waals surface area (Å²) in [5.74, 6) is -1.17. The summed E-state index contributed by atoms with van der Waals surface area (Å²) < 4.78 is 11.1. The van der Waals surface area contributed by atoms with E-state index in [9.17, 15) is 19.2 Å². The van der Waals surface area contributed by atoms with Crippen LogP contribution in [0.25, 0.3) is 10.8 Å². The number of rotatable bonds is 7. The third-order valence-corrected chi connectivity index (χ3v) is 5.53. The third-order valence-electron chi connectivity index (χ3n) is 5.53. The van der Waals surface area contributed by atoms with Gasteiger partial charge in [-0.3, -0.25) is 24.6 Å². The Kier molecular flexibility index (Phi) is 6.96. The SMILES string of the molecule is CCOc1ccc(N2C(=O)CC(N(NC(=O)COc3cccc4ccccc34)C(C)=O)C2=O)cc1. The van der Waals surface area contributed by atoms with Crippen LogP contribution in [0.4, 0.5) is 5.69 Å². The van der Waals surface area contributed by atoms with Crippen LogP contribution in [0.2, 0.25) is 0 Å². The lowest BCUT2D eigenvalue weighted by atomic mass is 10.1. The van der Waals surface area contributed by atoms with Crippen LogP contribution in [0.1, 0.15) is 20.3 Å². The molecule has 0 spiro atoms. The molecule has 3 aromatic rings. The molecule has 0 saturated carbocycles. The summed E-state index contributed by atoms with van der Waals surface area (Å²) in [5, 5.41) is 2.69. The van der Waals surface area contributed by atoms with E-state index >= 15 is 0 Å². The molecule has 3 aromatic carbocycles. The highest BCUT2D eigenvalue weighted by Crippen LogP contribution is 2.27. The lowest BCUT2D eigenvalue weighted by Crippen LogP contribution is -2.54. The molecule has 1 aliphatic heterocycles. The Morgan fingerprint density at radius 2 is 1.71 bits per heavy atom. The normalized spacial score (nSPS) is 15.3. The highest BCUT2D eigenvalue weighted by Gasteiger charge is 2.44. The molecule has 9 heteroatoms. The van der Waals surface area contributed by atoms with Gasteiger partial charge in [-0.25, -0.2) is 9.91 Å². The molecule has 1 unspecified atom stereocenters. The van der Waals surface area contributed by atoms with Crippen molar-refractivity contribution in [3.05, 3.63) is 66.7 Å². The van der Waals surface area contributed by atoms with Gasteiger partial charge in [0.15, 0.2) is 6.61 Å². The van der Waals surface area contributed by atoms with Gasteiger partial charge in [-0.2, -0.15) is 0 Å². The molecule has 0 bridgehead atoms. The minimum absolute atomic E-state index is 0.254. The number of carbonyl (C=O) groups is 4. The molecule has 1 aliphatic rings. The van der Waals surface area contributed by atoms with Crippen LogP contribution in [-0.2, 0) is 19.2 Å². The second-order valence-corrected chi connectivity index (χ2v) is 7.90. The predicted molar refractivity (Wildman–Crippen MR) is 129 cm³/mol. The summed E-state index contributed by atoms with van der Waals surface area (Å²) >= 11 is 0. The van der Waals surface area contributed by atoms with Crippen LogP contribution in [-0.4, -0.2) is 47.9 Å². The van der Waals surface area contributed by atoms with E-state index in [1.54, 1.807) is 30.3 Å². The van der Waals surface area contributed by atoms with E-state index in [1.165, 1.54) is 6.92 Å². The summed E-state index contributed by atoms with van der Waals surface area (Å²) in [6.07, 6.45) is -0.254. The molecule has 1 fully saturated rings. The molecule has 1 atom stereocenters. The number of hydrazine groups is 1. The Bertz CT molecular complexity index is 1270. The number of benzene rings is 3. The molecule has 9 nitrogen and oxygen atoms in total. The van der Waals surface area contributed by atoms with E-state index in [-0.39, 0.29) is 13.0 Å². The number of anilines is 1. The average molecular weight is 476 g/mol. The van der Waals surface area contributed by atoms with E-state index in [0.29, 0.717) is 23.8 Å². The number of nitrogens with one attached hydrogen (secondary N) is 1. The fraction of sp³-hybridized carbons (Fsp3) is 0.231. The fourth-order valence-electron chi connectivity index (χ4n) is 3.95. The van der Waals surface area contributed by atoms with Gasteiger partial charge in [0.2, 0.25) is 11.8 Å². The first-order valence-electron chi connectivity index (χ1n) is 11.2. The molecule has 180 valence electrons. The van der Waals surface area contributed by atoms with E-state index in [4.69, 9.17) is 9.47 Å². The maximum Gasteiger partial charge on any atom is 0.276 e. The highest BCUT2D eigenvalue weighted by molar-refractivity contribution is 6.23. The fourth-order valence-corrected chi connectivity index (χ4v) is 3.95. The van der Waals surface area contributed by atoms with E-state index < -0.39 is 29.7 Å². The van der Waals surface area contributed by atoms with Gasteiger partial charge in [-0.15, -0.1) is 0 Å². The summed E-state index contributed by atoms with van der Waals surface area (Å²) in [5.41, 5.74) is 2.79. The quantitative estimate of drug-likeness (QED) is 0.416. The zero-order valence-corrected chi connectivity index (χ0v) is 19.4. The van der Waals surface area contributed by atoms with Gasteiger partial charge in [0, 0.05) is 12.3 Å². The average Bonchev–Trinajstić information content (AvgIpc) is 3.15. The van der Waals surface area contributed by atoms with Crippen molar-refractivity contribution in [2.75, 3.05) is 18.1 Å². The monoisotopic (exact) mass is 475 g/mol. The lowest BCUT2D eigenvalue weighted by molar-refractivity contribution is -0.146. The Labute approximate surface area is 202 Å². The summed E-state index contributed by atoms with van der Waals surface area (Å²) in [6.45, 7) is 3.17. The number of imide groups is 1. The second kappa shape index (κ2) is 10.3. The van der Waals surface area contributed by atoms with E-state index in [1.807, 2.05) is 43.3 Å². The van der Waals surface area contributed by atoms with Gasteiger partial charge >= 0.3 is 0 Å². The van der Waals surface area contributed by atoms with Crippen molar-refractivity contribution in [3.8, 4) is 11.5 Å². The molecule has 0 radical (unpaired) electrons. The molecular formula is C26H25N3O6. The number of hydrogen-bond acceptors (Lipinski definition) is 6.